The second-order valence-electron chi connectivity index (χ2n) is 3.70. The molecule has 0 amide bonds. The number of aryl methyl sites for hydroxylation is 1. The lowest BCUT2D eigenvalue weighted by atomic mass is 10.0. The van der Waals surface area contributed by atoms with Crippen LogP contribution in [0.2, 0.25) is 5.02 Å². The quantitative estimate of drug-likeness (QED) is 0.864. The lowest BCUT2D eigenvalue weighted by Crippen LogP contribution is -1.97. The molecule has 0 atom stereocenters. The van der Waals surface area contributed by atoms with Crippen LogP contribution in [0.5, 0.6) is 0 Å². The average Bonchev–Trinajstić information content (AvgIpc) is 2.31. The van der Waals surface area contributed by atoms with Crippen LogP contribution in [0.15, 0.2) is 36.7 Å². The van der Waals surface area contributed by atoms with E-state index >= 15 is 0 Å². The topological polar surface area (TPSA) is 38.9 Å². The summed E-state index contributed by atoms with van der Waals surface area (Å²) in [7, 11) is 0. The van der Waals surface area contributed by atoms with E-state index in [1.54, 1.807) is 6.20 Å². The highest BCUT2D eigenvalue weighted by atomic mass is 35.5. The van der Waals surface area contributed by atoms with Gasteiger partial charge in [-0.15, -0.1) is 0 Å². The fourth-order valence-corrected chi connectivity index (χ4v) is 1.89. The predicted molar refractivity (Wildman–Crippen MR) is 67.3 cm³/mol. The molecule has 1 heterocycles. The van der Waals surface area contributed by atoms with Crippen LogP contribution in [0, 0.1) is 6.92 Å². The van der Waals surface area contributed by atoms with E-state index in [1.807, 2.05) is 37.4 Å². The molecule has 0 fully saturated rings. The van der Waals surface area contributed by atoms with Crippen molar-refractivity contribution in [1.82, 2.24) is 4.98 Å². The summed E-state index contributed by atoms with van der Waals surface area (Å²) in [6.07, 6.45) is 3.64. The number of nitrogens with two attached hydrogens (primary N) is 1. The van der Waals surface area contributed by atoms with E-state index in [2.05, 4.69) is 4.98 Å². The van der Waals surface area contributed by atoms with Gasteiger partial charge in [-0.05, 0) is 47.4 Å². The molecule has 0 saturated carbocycles. The van der Waals surface area contributed by atoms with Crippen molar-refractivity contribution in [2.45, 2.75) is 13.5 Å². The highest BCUT2D eigenvalue weighted by molar-refractivity contribution is 6.31. The van der Waals surface area contributed by atoms with E-state index in [9.17, 15) is 0 Å². The molecule has 1 aromatic carbocycles. The van der Waals surface area contributed by atoms with Crippen LogP contribution in [0.3, 0.4) is 0 Å². The van der Waals surface area contributed by atoms with Crippen molar-refractivity contribution in [2.24, 2.45) is 5.73 Å². The van der Waals surface area contributed by atoms with Crippen LogP contribution in [-0.4, -0.2) is 4.98 Å². The molecule has 0 radical (unpaired) electrons. The number of nitrogens with zero attached hydrogens (tertiary/aromatic N) is 1. The summed E-state index contributed by atoms with van der Waals surface area (Å²) >= 11 is 6.03. The maximum absolute atomic E-state index is 6.03. The summed E-state index contributed by atoms with van der Waals surface area (Å²) in [5, 5.41) is 0.720. The third-order valence-corrected chi connectivity index (χ3v) is 2.97. The van der Waals surface area contributed by atoms with E-state index in [4.69, 9.17) is 17.3 Å². The molecule has 3 heteroatoms. The Bertz CT molecular complexity index is 509. The van der Waals surface area contributed by atoms with Crippen molar-refractivity contribution >= 4 is 11.6 Å². The largest absolute Gasteiger partial charge is 0.326 e. The van der Waals surface area contributed by atoms with Gasteiger partial charge in [0.05, 0.1) is 0 Å². The summed E-state index contributed by atoms with van der Waals surface area (Å²) in [5.41, 5.74) is 10.1. The Morgan fingerprint density at radius 3 is 2.81 bits per heavy atom. The van der Waals surface area contributed by atoms with E-state index in [0.717, 1.165) is 21.7 Å². The monoisotopic (exact) mass is 232 g/mol. The molecular weight excluding hydrogens is 220 g/mol. The van der Waals surface area contributed by atoms with Crippen LogP contribution < -0.4 is 5.73 Å². The zero-order chi connectivity index (χ0) is 11.5. The van der Waals surface area contributed by atoms with Gasteiger partial charge in [0.1, 0.15) is 0 Å². The molecule has 0 bridgehead atoms. The van der Waals surface area contributed by atoms with E-state index in [1.165, 1.54) is 5.56 Å². The van der Waals surface area contributed by atoms with Crippen LogP contribution in [-0.2, 0) is 6.54 Å². The van der Waals surface area contributed by atoms with Crippen LogP contribution in [0.1, 0.15) is 11.1 Å². The van der Waals surface area contributed by atoms with Crippen molar-refractivity contribution in [3.8, 4) is 11.1 Å². The minimum atomic E-state index is 0.455. The van der Waals surface area contributed by atoms with E-state index in [-0.39, 0.29) is 0 Å². The average molecular weight is 233 g/mol. The highest BCUT2D eigenvalue weighted by Crippen LogP contribution is 2.26. The van der Waals surface area contributed by atoms with Gasteiger partial charge in [0.2, 0.25) is 0 Å². The minimum Gasteiger partial charge on any atom is -0.326 e. The number of rotatable bonds is 2. The molecule has 16 heavy (non-hydrogen) atoms. The predicted octanol–water partition coefficient (Wildman–Crippen LogP) is 3.17. The van der Waals surface area contributed by atoms with Crippen molar-refractivity contribution in [3.63, 3.8) is 0 Å². The zero-order valence-electron chi connectivity index (χ0n) is 9.07. The minimum absolute atomic E-state index is 0.455. The molecular formula is C13H13ClN2. The summed E-state index contributed by atoms with van der Waals surface area (Å²) in [6, 6.07) is 7.92. The van der Waals surface area contributed by atoms with Crippen molar-refractivity contribution in [3.05, 3.63) is 52.8 Å². The standard InChI is InChI=1S/C13H13ClN2/c1-9-8-16-5-4-12(9)10-2-3-13(14)11(6-10)7-15/h2-6,8H,7,15H2,1H3. The molecule has 0 unspecified atom stereocenters. The Labute approximate surface area is 100 Å². The first-order valence-corrected chi connectivity index (χ1v) is 5.49. The van der Waals surface area contributed by atoms with Gasteiger partial charge in [-0.2, -0.15) is 0 Å². The molecule has 0 aliphatic carbocycles. The van der Waals surface area contributed by atoms with Crippen LogP contribution in [0.25, 0.3) is 11.1 Å². The zero-order valence-corrected chi connectivity index (χ0v) is 9.83. The number of halogens is 1. The molecule has 0 aliphatic rings. The first-order chi connectivity index (χ1) is 7.72. The molecule has 2 N–H and O–H groups in total. The third-order valence-electron chi connectivity index (χ3n) is 2.60. The number of hydrogen-bond donors (Lipinski definition) is 1. The lowest BCUT2D eigenvalue weighted by Gasteiger charge is -2.08. The van der Waals surface area contributed by atoms with Crippen molar-refractivity contribution in [1.29, 1.82) is 0 Å². The van der Waals surface area contributed by atoms with Gasteiger partial charge in [0.25, 0.3) is 0 Å². The summed E-state index contributed by atoms with van der Waals surface area (Å²) in [4.78, 5) is 4.08. The first kappa shape index (κ1) is 11.1. The molecule has 0 saturated heterocycles. The Morgan fingerprint density at radius 2 is 2.12 bits per heavy atom. The molecule has 82 valence electrons. The molecule has 2 aromatic rings. The van der Waals surface area contributed by atoms with E-state index < -0.39 is 0 Å². The molecule has 1 aromatic heterocycles. The normalized spacial score (nSPS) is 10.4. The molecule has 2 rings (SSSR count). The maximum Gasteiger partial charge on any atom is 0.0451 e. The Hall–Kier alpha value is -1.38. The SMILES string of the molecule is Cc1cnccc1-c1ccc(Cl)c(CN)c1. The summed E-state index contributed by atoms with van der Waals surface area (Å²) in [6.45, 7) is 2.50. The second-order valence-corrected chi connectivity index (χ2v) is 4.11. The molecule has 2 nitrogen and oxygen atoms in total. The number of pyridine rings is 1. The van der Waals surface area contributed by atoms with Gasteiger partial charge >= 0.3 is 0 Å². The number of hydrogen-bond acceptors (Lipinski definition) is 2. The van der Waals surface area contributed by atoms with Crippen molar-refractivity contribution < 1.29 is 0 Å². The van der Waals surface area contributed by atoms with Crippen LogP contribution >= 0.6 is 11.6 Å². The van der Waals surface area contributed by atoms with Crippen LogP contribution in [0.4, 0.5) is 0 Å². The lowest BCUT2D eigenvalue weighted by molar-refractivity contribution is 1.07. The van der Waals surface area contributed by atoms with Gasteiger partial charge in [-0.1, -0.05) is 17.7 Å². The summed E-state index contributed by atoms with van der Waals surface area (Å²) < 4.78 is 0. The van der Waals surface area contributed by atoms with Crippen molar-refractivity contribution in [2.75, 3.05) is 0 Å². The van der Waals surface area contributed by atoms with E-state index in [0.29, 0.717) is 6.54 Å². The Balaban J connectivity index is 2.53. The smallest absolute Gasteiger partial charge is 0.0451 e. The maximum atomic E-state index is 6.03. The van der Waals surface area contributed by atoms with Gasteiger partial charge in [0.15, 0.2) is 0 Å². The van der Waals surface area contributed by atoms with Gasteiger partial charge < -0.3 is 5.73 Å². The molecule has 0 spiro atoms. The number of benzene rings is 1. The highest BCUT2D eigenvalue weighted by Gasteiger charge is 2.04. The third kappa shape index (κ3) is 2.08. The Kier molecular flexibility index (Phi) is 3.22. The van der Waals surface area contributed by atoms with Gasteiger partial charge in [-0.25, -0.2) is 0 Å². The summed E-state index contributed by atoms with van der Waals surface area (Å²) in [5.74, 6) is 0. The Morgan fingerprint density at radius 1 is 1.31 bits per heavy atom. The first-order valence-electron chi connectivity index (χ1n) is 5.12. The fraction of sp³-hybridized carbons (Fsp3) is 0.154. The second kappa shape index (κ2) is 4.64. The fourth-order valence-electron chi connectivity index (χ4n) is 1.70. The van der Waals surface area contributed by atoms with Gasteiger partial charge in [0, 0.05) is 24.0 Å². The van der Waals surface area contributed by atoms with Gasteiger partial charge in [-0.3, -0.25) is 4.98 Å². The number of aromatic nitrogens is 1. The molecule has 0 aliphatic heterocycles.